The third-order valence-electron chi connectivity index (χ3n) is 4.85. The van der Waals surface area contributed by atoms with Crippen molar-refractivity contribution in [3.63, 3.8) is 0 Å². The number of rotatable bonds is 8. The van der Waals surface area contributed by atoms with Gasteiger partial charge in [-0.3, -0.25) is 9.80 Å². The topological polar surface area (TPSA) is 53.0 Å². The first-order chi connectivity index (χ1) is 13.1. The monoisotopic (exact) mass is 412 g/mol. The molecule has 1 fully saturated rings. The molecular weight excluding hydrogens is 387 g/mol. The van der Waals surface area contributed by atoms with E-state index in [2.05, 4.69) is 46.2 Å². The molecule has 3 rings (SSSR count). The molecule has 0 amide bonds. The van der Waals surface area contributed by atoms with Crippen molar-refractivity contribution in [2.75, 3.05) is 45.9 Å². The minimum absolute atomic E-state index is 0. The fourth-order valence-electron chi connectivity index (χ4n) is 3.49. The maximum atomic E-state index is 10.5. The molecular formula is C21H26ClN2NaO3. The molecule has 2 aromatic rings. The van der Waals surface area contributed by atoms with Crippen molar-refractivity contribution in [2.45, 2.75) is 6.04 Å². The smallest absolute Gasteiger partial charge is 1.00 e. The summed E-state index contributed by atoms with van der Waals surface area (Å²) in [4.78, 5) is 15.3. The van der Waals surface area contributed by atoms with E-state index in [0.717, 1.165) is 37.7 Å². The Morgan fingerprint density at radius 3 is 2.25 bits per heavy atom. The molecule has 0 radical (unpaired) electrons. The fourth-order valence-corrected chi connectivity index (χ4v) is 3.62. The van der Waals surface area contributed by atoms with Crippen molar-refractivity contribution < 1.29 is 45.6 Å². The van der Waals surface area contributed by atoms with Gasteiger partial charge in [-0.15, -0.1) is 0 Å². The zero-order valence-electron chi connectivity index (χ0n) is 17.3. The second-order valence-corrected chi connectivity index (χ2v) is 7.13. The first-order valence-electron chi connectivity index (χ1n) is 9.20. The van der Waals surface area contributed by atoms with Crippen LogP contribution < -0.4 is 29.6 Å². The number of carbonyl (C=O) groups is 1. The quantitative estimate of drug-likeness (QED) is 0.498. The number of piperazine rings is 1. The maximum absolute atomic E-state index is 10.5. The van der Waals surface area contributed by atoms with Crippen molar-refractivity contribution in [1.29, 1.82) is 0 Å². The average molecular weight is 413 g/mol. The van der Waals surface area contributed by atoms with Gasteiger partial charge in [0.1, 0.15) is 6.61 Å². The van der Waals surface area contributed by atoms with Crippen LogP contribution in [0.5, 0.6) is 0 Å². The summed E-state index contributed by atoms with van der Waals surface area (Å²) in [6.07, 6.45) is 0. The summed E-state index contributed by atoms with van der Waals surface area (Å²) in [7, 11) is 0. The van der Waals surface area contributed by atoms with E-state index in [-0.39, 0.29) is 43.6 Å². The third kappa shape index (κ3) is 6.85. The summed E-state index contributed by atoms with van der Waals surface area (Å²) < 4.78 is 5.15. The van der Waals surface area contributed by atoms with Crippen LogP contribution >= 0.6 is 11.6 Å². The van der Waals surface area contributed by atoms with Crippen LogP contribution in [-0.4, -0.2) is 66.8 Å². The number of ether oxygens (including phenoxy) is 1. The van der Waals surface area contributed by atoms with Gasteiger partial charge in [0.25, 0.3) is 0 Å². The molecule has 0 saturated carbocycles. The second kappa shape index (κ2) is 11.9. The molecule has 1 N–H and O–H groups in total. The molecule has 5 nitrogen and oxygen atoms in total. The minimum Gasteiger partial charge on any atom is -1.00 e. The molecule has 0 aromatic heterocycles. The van der Waals surface area contributed by atoms with Crippen LogP contribution in [0.15, 0.2) is 54.6 Å². The van der Waals surface area contributed by atoms with E-state index < -0.39 is 5.97 Å². The zero-order valence-corrected chi connectivity index (χ0v) is 19.0. The molecule has 1 atom stereocenters. The normalized spacial score (nSPS) is 16.3. The summed E-state index contributed by atoms with van der Waals surface area (Å²) in [5.41, 5.74) is 2.52. The molecule has 7 heteroatoms. The molecule has 1 heterocycles. The van der Waals surface area contributed by atoms with Crippen molar-refractivity contribution >= 4 is 17.6 Å². The van der Waals surface area contributed by atoms with Gasteiger partial charge in [-0.1, -0.05) is 54.1 Å². The Morgan fingerprint density at radius 2 is 1.64 bits per heavy atom. The van der Waals surface area contributed by atoms with Crippen molar-refractivity contribution in [2.24, 2.45) is 0 Å². The largest absolute Gasteiger partial charge is 1.00 e. The summed E-state index contributed by atoms with van der Waals surface area (Å²) >= 11 is 6.08. The van der Waals surface area contributed by atoms with Gasteiger partial charge in [-0.2, -0.15) is 0 Å². The van der Waals surface area contributed by atoms with Crippen LogP contribution in [0.3, 0.4) is 0 Å². The molecule has 2 aromatic carbocycles. The van der Waals surface area contributed by atoms with Crippen LogP contribution in [0.2, 0.25) is 5.02 Å². The van der Waals surface area contributed by atoms with E-state index in [1.54, 1.807) is 0 Å². The van der Waals surface area contributed by atoms with Gasteiger partial charge in [0.05, 0.1) is 12.6 Å². The predicted molar refractivity (Wildman–Crippen MR) is 107 cm³/mol. The van der Waals surface area contributed by atoms with Gasteiger partial charge in [0.2, 0.25) is 0 Å². The van der Waals surface area contributed by atoms with Crippen LogP contribution in [0.25, 0.3) is 0 Å². The number of carboxylic acids is 1. The fraction of sp³-hybridized carbons (Fsp3) is 0.381. The molecule has 1 aliphatic rings. The number of nitrogens with zero attached hydrogens (tertiary/aromatic N) is 2. The number of benzene rings is 2. The van der Waals surface area contributed by atoms with Gasteiger partial charge in [0, 0.05) is 37.7 Å². The molecule has 0 aliphatic carbocycles. The van der Waals surface area contributed by atoms with E-state index >= 15 is 0 Å². The first kappa shape index (κ1) is 23.4. The third-order valence-corrected chi connectivity index (χ3v) is 5.10. The van der Waals surface area contributed by atoms with Crippen LogP contribution in [0.1, 0.15) is 18.6 Å². The van der Waals surface area contributed by atoms with E-state index in [0.29, 0.717) is 6.61 Å². The zero-order chi connectivity index (χ0) is 19.1. The molecule has 1 unspecified atom stereocenters. The van der Waals surface area contributed by atoms with Gasteiger partial charge in [-0.05, 0) is 23.3 Å². The Balaban J connectivity index is 0.00000210. The summed E-state index contributed by atoms with van der Waals surface area (Å²) in [6.45, 7) is 4.75. The Kier molecular flexibility index (Phi) is 9.95. The van der Waals surface area contributed by atoms with E-state index in [1.165, 1.54) is 11.1 Å². The molecule has 1 saturated heterocycles. The number of halogens is 1. The first-order valence-corrected chi connectivity index (χ1v) is 9.57. The Hall–Kier alpha value is -0.920. The predicted octanol–water partition coefficient (Wildman–Crippen LogP) is 0.265. The van der Waals surface area contributed by atoms with Crippen LogP contribution in [0, 0.1) is 0 Å². The van der Waals surface area contributed by atoms with Gasteiger partial charge in [0.15, 0.2) is 0 Å². The van der Waals surface area contributed by atoms with E-state index in [4.69, 9.17) is 21.4 Å². The average Bonchev–Trinajstić information content (AvgIpc) is 2.69. The maximum Gasteiger partial charge on any atom is 1.00 e. The molecule has 146 valence electrons. The summed E-state index contributed by atoms with van der Waals surface area (Å²) in [6, 6.07) is 18.8. The van der Waals surface area contributed by atoms with Crippen LogP contribution in [-0.2, 0) is 9.53 Å². The van der Waals surface area contributed by atoms with E-state index in [9.17, 15) is 4.79 Å². The minimum atomic E-state index is -0.923. The van der Waals surface area contributed by atoms with Crippen molar-refractivity contribution in [3.8, 4) is 0 Å². The number of hydrogen-bond acceptors (Lipinski definition) is 4. The van der Waals surface area contributed by atoms with Gasteiger partial charge >= 0.3 is 35.5 Å². The van der Waals surface area contributed by atoms with Crippen LogP contribution in [0.4, 0.5) is 0 Å². The summed E-state index contributed by atoms with van der Waals surface area (Å²) in [5, 5.41) is 9.37. The number of hydrogen-bond donors (Lipinski definition) is 1. The van der Waals surface area contributed by atoms with Gasteiger partial charge < -0.3 is 11.3 Å². The van der Waals surface area contributed by atoms with E-state index in [1.807, 2.05) is 18.2 Å². The van der Waals surface area contributed by atoms with Gasteiger partial charge in [-0.25, -0.2) is 4.79 Å². The molecule has 28 heavy (non-hydrogen) atoms. The Bertz CT molecular complexity index is 728. The van der Waals surface area contributed by atoms with Crippen molar-refractivity contribution in [3.05, 3.63) is 70.7 Å². The Morgan fingerprint density at radius 1 is 1.04 bits per heavy atom. The number of carboxylic acid groups (broad SMARTS) is 1. The van der Waals surface area contributed by atoms with Crippen molar-refractivity contribution in [1.82, 2.24) is 9.80 Å². The molecule has 0 spiro atoms. The summed E-state index contributed by atoms with van der Waals surface area (Å²) in [5.74, 6) is -0.923. The second-order valence-electron chi connectivity index (χ2n) is 6.69. The molecule has 0 bridgehead atoms. The molecule has 1 aliphatic heterocycles. The standard InChI is InChI=1S/C21H25ClN2O3.Na.H/c22-19-8-6-18(7-9-19)21(17-4-2-1-3-5-17)24-12-10-23(11-13-24)14-15-27-16-20(25)26;;/h1-9,21H,10-16H2,(H,25,26);;/q;+1;-1. The Labute approximate surface area is 195 Å². The number of aliphatic carboxylic acids is 1. The SMILES string of the molecule is O=C(O)COCCN1CCN(C(c2ccccc2)c2ccc(Cl)cc2)CC1.[H-].[Na+].